The lowest BCUT2D eigenvalue weighted by molar-refractivity contribution is -0.121. The fourth-order valence-electron chi connectivity index (χ4n) is 2.32. The number of rotatable bonds is 5. The van der Waals surface area contributed by atoms with E-state index in [0.29, 0.717) is 24.3 Å². The van der Waals surface area contributed by atoms with Crippen LogP contribution in [0.15, 0.2) is 54.6 Å². The highest BCUT2D eigenvalue weighted by Gasteiger charge is 2.09. The van der Waals surface area contributed by atoms with Gasteiger partial charge >= 0.3 is 0 Å². The molecule has 0 radical (unpaired) electrons. The third-order valence-electron chi connectivity index (χ3n) is 3.87. The van der Waals surface area contributed by atoms with Gasteiger partial charge in [-0.3, -0.25) is 25.8 Å². The molecule has 0 fully saturated rings. The number of nitrogens with one attached hydrogen (secondary N) is 3. The molecule has 5 nitrogen and oxygen atoms in total. The maximum Gasteiger partial charge on any atom is 0.257 e. The van der Waals surface area contributed by atoms with Crippen LogP contribution < -0.4 is 16.2 Å². The topological polar surface area (TPSA) is 70.2 Å². The van der Waals surface area contributed by atoms with Crippen molar-refractivity contribution in [1.29, 1.82) is 0 Å². The molecule has 3 N–H and O–H groups in total. The van der Waals surface area contributed by atoms with E-state index in [1.54, 1.807) is 12.1 Å². The first-order valence-corrected chi connectivity index (χ1v) is 8.90. The molecule has 26 heavy (non-hydrogen) atoms. The highest BCUT2D eigenvalue weighted by atomic mass is 32.1. The minimum atomic E-state index is -0.323. The minimum absolute atomic E-state index is 0.0518. The number of carbonyl (C=O) groups is 2. The average molecular weight is 369 g/mol. The molecule has 2 aromatic carbocycles. The first-order valence-electron chi connectivity index (χ1n) is 8.49. The van der Waals surface area contributed by atoms with E-state index < -0.39 is 0 Å². The second-order valence-corrected chi connectivity index (χ2v) is 6.63. The fraction of sp³-hybridized carbons (Fsp3) is 0.250. The summed E-state index contributed by atoms with van der Waals surface area (Å²) in [5, 5.41) is 2.59. The van der Waals surface area contributed by atoms with Crippen LogP contribution >= 0.6 is 12.2 Å². The van der Waals surface area contributed by atoms with E-state index in [1.807, 2.05) is 42.5 Å². The van der Waals surface area contributed by atoms with Gasteiger partial charge in [0.25, 0.3) is 5.91 Å². The molecular weight excluding hydrogens is 346 g/mol. The Labute approximate surface area is 159 Å². The van der Waals surface area contributed by atoms with Crippen molar-refractivity contribution in [3.8, 4) is 0 Å². The molecule has 0 spiro atoms. The summed E-state index contributed by atoms with van der Waals surface area (Å²) in [6.45, 7) is 4.18. The van der Waals surface area contributed by atoms with E-state index in [1.165, 1.54) is 0 Å². The van der Waals surface area contributed by atoms with Gasteiger partial charge < -0.3 is 0 Å². The number of amides is 2. The molecular formula is C20H23N3O2S. The fourth-order valence-corrected chi connectivity index (χ4v) is 2.46. The van der Waals surface area contributed by atoms with Crippen LogP contribution in [0.1, 0.15) is 47.7 Å². The van der Waals surface area contributed by atoms with Crippen LogP contribution in [0.25, 0.3) is 0 Å². The zero-order valence-corrected chi connectivity index (χ0v) is 15.7. The van der Waals surface area contributed by atoms with Crippen LogP contribution in [0.3, 0.4) is 0 Å². The van der Waals surface area contributed by atoms with Crippen molar-refractivity contribution >= 4 is 29.1 Å². The van der Waals surface area contributed by atoms with Gasteiger partial charge in [0.15, 0.2) is 5.11 Å². The van der Waals surface area contributed by atoms with Crippen molar-refractivity contribution in [2.75, 3.05) is 0 Å². The largest absolute Gasteiger partial charge is 0.298 e. The van der Waals surface area contributed by atoms with Crippen LogP contribution in [0.4, 0.5) is 0 Å². The molecule has 0 saturated carbocycles. The predicted molar refractivity (Wildman–Crippen MR) is 107 cm³/mol. The SMILES string of the molecule is CC(C)c1ccc(C(=O)NC(=S)NNC(=O)CCc2ccccc2)cc1. The van der Waals surface area contributed by atoms with Gasteiger partial charge in [0.05, 0.1) is 0 Å². The third kappa shape index (κ3) is 6.29. The lowest BCUT2D eigenvalue weighted by Crippen LogP contribution is -2.48. The first-order chi connectivity index (χ1) is 12.5. The quantitative estimate of drug-likeness (QED) is 0.560. The molecule has 0 aliphatic carbocycles. The zero-order chi connectivity index (χ0) is 18.9. The van der Waals surface area contributed by atoms with Gasteiger partial charge in [0.1, 0.15) is 0 Å². The second kappa shape index (κ2) is 9.68. The Bertz CT molecular complexity index is 758. The molecule has 2 rings (SSSR count). The smallest absolute Gasteiger partial charge is 0.257 e. The number of benzene rings is 2. The van der Waals surface area contributed by atoms with E-state index in [-0.39, 0.29) is 16.9 Å². The van der Waals surface area contributed by atoms with Gasteiger partial charge in [-0.2, -0.15) is 0 Å². The molecule has 0 unspecified atom stereocenters. The Morgan fingerprint density at radius 3 is 2.23 bits per heavy atom. The van der Waals surface area contributed by atoms with Crippen molar-refractivity contribution in [2.24, 2.45) is 0 Å². The van der Waals surface area contributed by atoms with E-state index in [4.69, 9.17) is 12.2 Å². The second-order valence-electron chi connectivity index (χ2n) is 6.22. The summed E-state index contributed by atoms with van der Waals surface area (Å²) in [6, 6.07) is 17.1. The van der Waals surface area contributed by atoms with E-state index in [0.717, 1.165) is 11.1 Å². The number of hydrogen-bond acceptors (Lipinski definition) is 3. The summed E-state index contributed by atoms with van der Waals surface area (Å²) >= 11 is 5.04. The molecule has 136 valence electrons. The summed E-state index contributed by atoms with van der Waals surface area (Å²) in [6.07, 6.45) is 0.958. The number of hydrogen-bond donors (Lipinski definition) is 3. The third-order valence-corrected chi connectivity index (χ3v) is 4.07. The lowest BCUT2D eigenvalue weighted by atomic mass is 10.0. The van der Waals surface area contributed by atoms with Gasteiger partial charge in [-0.1, -0.05) is 56.3 Å². The Morgan fingerprint density at radius 2 is 1.62 bits per heavy atom. The van der Waals surface area contributed by atoms with Crippen LogP contribution in [0.5, 0.6) is 0 Å². The Kier molecular flexibility index (Phi) is 7.29. The van der Waals surface area contributed by atoms with Crippen molar-refractivity contribution in [3.63, 3.8) is 0 Å². The minimum Gasteiger partial charge on any atom is -0.298 e. The standard InChI is InChI=1S/C20H23N3O2S/c1-14(2)16-9-11-17(12-10-16)19(25)21-20(26)23-22-18(24)13-8-15-6-4-3-5-7-15/h3-7,9-12,14H,8,13H2,1-2H3,(H,22,24)(H2,21,23,25,26). The molecule has 6 heteroatoms. The van der Waals surface area contributed by atoms with E-state index in [9.17, 15) is 9.59 Å². The molecule has 2 amide bonds. The van der Waals surface area contributed by atoms with Crippen LogP contribution in [0, 0.1) is 0 Å². The van der Waals surface area contributed by atoms with Crippen molar-refractivity contribution in [1.82, 2.24) is 16.2 Å². The van der Waals surface area contributed by atoms with Crippen LogP contribution in [0.2, 0.25) is 0 Å². The predicted octanol–water partition coefficient (Wildman–Crippen LogP) is 3.08. The molecule has 2 aromatic rings. The molecule has 0 aliphatic heterocycles. The molecule has 0 heterocycles. The summed E-state index contributed by atoms with van der Waals surface area (Å²) in [5.41, 5.74) is 7.79. The maximum atomic E-state index is 12.1. The maximum absolute atomic E-state index is 12.1. The lowest BCUT2D eigenvalue weighted by Gasteiger charge is -2.11. The van der Waals surface area contributed by atoms with Gasteiger partial charge in [0.2, 0.25) is 5.91 Å². The highest BCUT2D eigenvalue weighted by Crippen LogP contribution is 2.14. The first kappa shape index (κ1) is 19.6. The van der Waals surface area contributed by atoms with Gasteiger partial charge in [-0.15, -0.1) is 0 Å². The summed E-state index contributed by atoms with van der Waals surface area (Å²) in [4.78, 5) is 24.0. The monoisotopic (exact) mass is 369 g/mol. The number of thiocarbonyl (C=S) groups is 1. The molecule has 0 saturated heterocycles. The number of hydrazine groups is 1. The highest BCUT2D eigenvalue weighted by molar-refractivity contribution is 7.80. The van der Waals surface area contributed by atoms with Crippen LogP contribution in [-0.4, -0.2) is 16.9 Å². The Balaban J connectivity index is 1.73. The average Bonchev–Trinajstić information content (AvgIpc) is 2.65. The zero-order valence-electron chi connectivity index (χ0n) is 14.9. The Morgan fingerprint density at radius 1 is 0.962 bits per heavy atom. The number of carbonyl (C=O) groups excluding carboxylic acids is 2. The van der Waals surface area contributed by atoms with Gasteiger partial charge in [-0.25, -0.2) is 0 Å². The summed E-state index contributed by atoms with van der Waals surface area (Å²) in [7, 11) is 0. The van der Waals surface area contributed by atoms with Gasteiger partial charge in [0, 0.05) is 12.0 Å². The molecule has 0 aromatic heterocycles. The normalized spacial score (nSPS) is 10.3. The Hall–Kier alpha value is -2.73. The van der Waals surface area contributed by atoms with Crippen molar-refractivity contribution < 1.29 is 9.59 Å². The van der Waals surface area contributed by atoms with Crippen molar-refractivity contribution in [2.45, 2.75) is 32.6 Å². The molecule has 0 atom stereocenters. The molecule has 0 aliphatic rings. The van der Waals surface area contributed by atoms with E-state index in [2.05, 4.69) is 30.0 Å². The van der Waals surface area contributed by atoms with Crippen LogP contribution in [-0.2, 0) is 11.2 Å². The van der Waals surface area contributed by atoms with Gasteiger partial charge in [-0.05, 0) is 47.8 Å². The summed E-state index contributed by atoms with van der Waals surface area (Å²) in [5.74, 6) is -0.121. The van der Waals surface area contributed by atoms with Crippen molar-refractivity contribution in [3.05, 3.63) is 71.3 Å². The number of aryl methyl sites for hydroxylation is 1. The molecule has 0 bridgehead atoms. The van der Waals surface area contributed by atoms with E-state index >= 15 is 0 Å². The summed E-state index contributed by atoms with van der Waals surface area (Å²) < 4.78 is 0.